The third-order valence-corrected chi connectivity index (χ3v) is 2.68. The molecule has 0 aliphatic rings. The summed E-state index contributed by atoms with van der Waals surface area (Å²) in [4.78, 5) is 4.23. The lowest BCUT2D eigenvalue weighted by Crippen LogP contribution is -2.13. The Bertz CT molecular complexity index is 409. The monoisotopic (exact) mass is 222 g/mol. The Morgan fingerprint density at radius 2 is 2.06 bits per heavy atom. The highest BCUT2D eigenvalue weighted by atomic mass is 19.1. The molecule has 0 saturated carbocycles. The normalized spacial score (nSPS) is 12.3. The van der Waals surface area contributed by atoms with Crippen LogP contribution >= 0.6 is 0 Å². The van der Waals surface area contributed by atoms with Crippen molar-refractivity contribution in [3.05, 3.63) is 34.6 Å². The van der Waals surface area contributed by atoms with Gasteiger partial charge in [0.2, 0.25) is 0 Å². The quantitative estimate of drug-likeness (QED) is 0.784. The number of nitrogens with zero attached hydrogens (tertiary/aromatic N) is 1. The fourth-order valence-corrected chi connectivity index (χ4v) is 1.86. The SMILES string of the molecule is CN=C(c1cc(F)c(CN)cc1C)C(C)C. The third kappa shape index (κ3) is 2.47. The highest BCUT2D eigenvalue weighted by Gasteiger charge is 2.13. The van der Waals surface area contributed by atoms with Crippen LogP contribution in [-0.4, -0.2) is 12.8 Å². The van der Waals surface area contributed by atoms with E-state index in [0.29, 0.717) is 5.56 Å². The first-order chi connectivity index (χ1) is 7.51. The summed E-state index contributed by atoms with van der Waals surface area (Å²) in [7, 11) is 1.74. The standard InChI is InChI=1S/C13H19FN2/c1-8(2)13(16-4)11-6-12(14)10(7-15)5-9(11)3/h5-6,8H,7,15H2,1-4H3. The van der Waals surface area contributed by atoms with E-state index in [4.69, 9.17) is 5.73 Å². The molecule has 0 heterocycles. The second kappa shape index (κ2) is 5.21. The summed E-state index contributed by atoms with van der Waals surface area (Å²) in [6.07, 6.45) is 0. The number of hydrogen-bond acceptors (Lipinski definition) is 2. The van der Waals surface area contributed by atoms with E-state index in [9.17, 15) is 4.39 Å². The third-order valence-electron chi connectivity index (χ3n) is 2.68. The molecule has 1 aromatic carbocycles. The van der Waals surface area contributed by atoms with E-state index >= 15 is 0 Å². The van der Waals surface area contributed by atoms with Crippen molar-refractivity contribution in [3.63, 3.8) is 0 Å². The summed E-state index contributed by atoms with van der Waals surface area (Å²) in [5, 5.41) is 0. The molecule has 0 aliphatic carbocycles. The summed E-state index contributed by atoms with van der Waals surface area (Å²) < 4.78 is 13.7. The lowest BCUT2D eigenvalue weighted by atomic mass is 9.94. The van der Waals surface area contributed by atoms with Crippen molar-refractivity contribution in [3.8, 4) is 0 Å². The van der Waals surface area contributed by atoms with Crippen LogP contribution in [0.25, 0.3) is 0 Å². The van der Waals surface area contributed by atoms with Crippen molar-refractivity contribution in [2.24, 2.45) is 16.6 Å². The Balaban J connectivity index is 3.30. The van der Waals surface area contributed by atoms with Crippen molar-refractivity contribution in [1.82, 2.24) is 0 Å². The van der Waals surface area contributed by atoms with Crippen LogP contribution in [0.4, 0.5) is 4.39 Å². The fourth-order valence-electron chi connectivity index (χ4n) is 1.86. The van der Waals surface area contributed by atoms with Gasteiger partial charge in [0.1, 0.15) is 5.82 Å². The van der Waals surface area contributed by atoms with Gasteiger partial charge in [0.15, 0.2) is 0 Å². The smallest absolute Gasteiger partial charge is 0.128 e. The molecule has 0 bridgehead atoms. The maximum atomic E-state index is 13.7. The van der Waals surface area contributed by atoms with E-state index in [0.717, 1.165) is 16.8 Å². The van der Waals surface area contributed by atoms with Crippen LogP contribution < -0.4 is 5.73 Å². The highest BCUT2D eigenvalue weighted by molar-refractivity contribution is 6.03. The summed E-state index contributed by atoms with van der Waals surface area (Å²) in [6, 6.07) is 3.35. The Hall–Kier alpha value is -1.22. The van der Waals surface area contributed by atoms with E-state index in [1.165, 1.54) is 0 Å². The van der Waals surface area contributed by atoms with Crippen molar-refractivity contribution >= 4 is 5.71 Å². The molecule has 1 rings (SSSR count). The van der Waals surface area contributed by atoms with E-state index in [1.54, 1.807) is 19.2 Å². The zero-order chi connectivity index (χ0) is 12.3. The molecule has 0 spiro atoms. The lowest BCUT2D eigenvalue weighted by Gasteiger charge is -2.14. The second-order valence-electron chi connectivity index (χ2n) is 4.23. The zero-order valence-electron chi connectivity index (χ0n) is 10.3. The molecule has 0 aliphatic heterocycles. The van der Waals surface area contributed by atoms with E-state index in [1.807, 2.05) is 6.92 Å². The van der Waals surface area contributed by atoms with Gasteiger partial charge in [0.25, 0.3) is 0 Å². The van der Waals surface area contributed by atoms with Gasteiger partial charge in [-0.2, -0.15) is 0 Å². The van der Waals surface area contributed by atoms with Crippen LogP contribution in [-0.2, 0) is 6.54 Å². The molecule has 0 fully saturated rings. The largest absolute Gasteiger partial charge is 0.326 e. The summed E-state index contributed by atoms with van der Waals surface area (Å²) in [6.45, 7) is 6.29. The topological polar surface area (TPSA) is 38.4 Å². The minimum absolute atomic E-state index is 0.229. The Kier molecular flexibility index (Phi) is 4.19. The molecule has 16 heavy (non-hydrogen) atoms. The summed E-state index contributed by atoms with van der Waals surface area (Å²) in [5.74, 6) is 0.0386. The number of nitrogens with two attached hydrogens (primary N) is 1. The number of rotatable bonds is 3. The first kappa shape index (κ1) is 12.8. The Labute approximate surface area is 96.4 Å². The number of hydrogen-bond donors (Lipinski definition) is 1. The van der Waals surface area contributed by atoms with Crippen molar-refractivity contribution in [1.29, 1.82) is 0 Å². The average Bonchev–Trinajstić information content (AvgIpc) is 2.23. The summed E-state index contributed by atoms with van der Waals surface area (Å²) >= 11 is 0. The maximum absolute atomic E-state index is 13.7. The van der Waals surface area contributed by atoms with Crippen LogP contribution in [0.5, 0.6) is 0 Å². The predicted molar refractivity (Wildman–Crippen MR) is 66.3 cm³/mol. The number of halogens is 1. The van der Waals surface area contributed by atoms with Crippen molar-refractivity contribution < 1.29 is 4.39 Å². The van der Waals surface area contributed by atoms with Gasteiger partial charge in [-0.1, -0.05) is 19.9 Å². The second-order valence-corrected chi connectivity index (χ2v) is 4.23. The molecule has 1 aromatic rings. The first-order valence-corrected chi connectivity index (χ1v) is 5.47. The molecule has 0 atom stereocenters. The first-order valence-electron chi connectivity index (χ1n) is 5.47. The van der Waals surface area contributed by atoms with Crippen LogP contribution in [0.1, 0.15) is 30.5 Å². The van der Waals surface area contributed by atoms with Crippen molar-refractivity contribution in [2.45, 2.75) is 27.3 Å². The van der Waals surface area contributed by atoms with Gasteiger partial charge in [-0.3, -0.25) is 4.99 Å². The van der Waals surface area contributed by atoms with Gasteiger partial charge < -0.3 is 5.73 Å². The van der Waals surface area contributed by atoms with Gasteiger partial charge in [-0.15, -0.1) is 0 Å². The Morgan fingerprint density at radius 3 is 2.50 bits per heavy atom. The van der Waals surface area contributed by atoms with E-state index in [2.05, 4.69) is 18.8 Å². The molecular formula is C13H19FN2. The number of aryl methyl sites for hydroxylation is 1. The van der Waals surface area contributed by atoms with E-state index in [-0.39, 0.29) is 18.3 Å². The molecule has 3 heteroatoms. The van der Waals surface area contributed by atoms with Gasteiger partial charge >= 0.3 is 0 Å². The zero-order valence-corrected chi connectivity index (χ0v) is 10.3. The minimum Gasteiger partial charge on any atom is -0.326 e. The molecule has 0 radical (unpaired) electrons. The number of aliphatic imine (C=N–C) groups is 1. The molecule has 0 unspecified atom stereocenters. The van der Waals surface area contributed by atoms with Crippen LogP contribution in [0.3, 0.4) is 0 Å². The van der Waals surface area contributed by atoms with Gasteiger partial charge in [0.05, 0.1) is 0 Å². The highest BCUT2D eigenvalue weighted by Crippen LogP contribution is 2.19. The van der Waals surface area contributed by atoms with Crippen LogP contribution in [0.2, 0.25) is 0 Å². The van der Waals surface area contributed by atoms with Gasteiger partial charge in [-0.05, 0) is 24.5 Å². The molecule has 0 aromatic heterocycles. The van der Waals surface area contributed by atoms with Crippen LogP contribution in [0.15, 0.2) is 17.1 Å². The van der Waals surface area contributed by atoms with Gasteiger partial charge in [-0.25, -0.2) is 4.39 Å². The average molecular weight is 222 g/mol. The molecular weight excluding hydrogens is 203 g/mol. The summed E-state index contributed by atoms with van der Waals surface area (Å²) in [5.41, 5.74) is 8.86. The molecule has 88 valence electrons. The van der Waals surface area contributed by atoms with Crippen molar-refractivity contribution in [2.75, 3.05) is 7.05 Å². The van der Waals surface area contributed by atoms with Crippen LogP contribution in [0, 0.1) is 18.7 Å². The number of benzene rings is 1. The molecule has 2 nitrogen and oxygen atoms in total. The lowest BCUT2D eigenvalue weighted by molar-refractivity contribution is 0.609. The molecule has 0 saturated heterocycles. The predicted octanol–water partition coefficient (Wildman–Crippen LogP) is 2.67. The van der Waals surface area contributed by atoms with E-state index < -0.39 is 0 Å². The fraction of sp³-hybridized carbons (Fsp3) is 0.462. The minimum atomic E-state index is -0.245. The molecule has 0 amide bonds. The Morgan fingerprint density at radius 1 is 1.44 bits per heavy atom. The maximum Gasteiger partial charge on any atom is 0.128 e. The molecule has 2 N–H and O–H groups in total. The van der Waals surface area contributed by atoms with Gasteiger partial charge in [0, 0.05) is 30.4 Å².